The Kier molecular flexibility index (Phi) is 5.46. The van der Waals surface area contributed by atoms with Crippen LogP contribution in [0.5, 0.6) is 11.5 Å². The number of benzene rings is 1. The van der Waals surface area contributed by atoms with E-state index in [1.165, 1.54) is 18.2 Å². The molecule has 0 spiro atoms. The first kappa shape index (κ1) is 19.6. The molecule has 0 bridgehead atoms. The summed E-state index contributed by atoms with van der Waals surface area (Å²) < 4.78 is 10.1. The van der Waals surface area contributed by atoms with Gasteiger partial charge < -0.3 is 14.6 Å². The standard InChI is InChI=1S/C19H19N3O5S/c1-5-27-18(25)16-11(3)20-19(28-16)22-17(24)13(10(2)21-22)8-12-6-7-14(23)15(9-12)26-4/h6-9,23H,5H2,1-4H3/b13-8+. The molecule has 1 aromatic carbocycles. The fourth-order valence-electron chi connectivity index (χ4n) is 2.62. The highest BCUT2D eigenvalue weighted by Crippen LogP contribution is 2.32. The van der Waals surface area contributed by atoms with Crippen molar-refractivity contribution < 1.29 is 24.2 Å². The summed E-state index contributed by atoms with van der Waals surface area (Å²) in [6, 6.07) is 4.78. The summed E-state index contributed by atoms with van der Waals surface area (Å²) in [5, 5.41) is 15.5. The molecule has 0 saturated carbocycles. The normalized spacial score (nSPS) is 15.1. The van der Waals surface area contributed by atoms with Gasteiger partial charge in [-0.1, -0.05) is 17.4 Å². The number of phenolic OH excluding ortho intramolecular Hbond substituents is 1. The molecule has 2 heterocycles. The number of rotatable bonds is 5. The zero-order chi connectivity index (χ0) is 20.4. The summed E-state index contributed by atoms with van der Waals surface area (Å²) in [6.07, 6.45) is 1.66. The zero-order valence-corrected chi connectivity index (χ0v) is 16.7. The highest BCUT2D eigenvalue weighted by atomic mass is 32.1. The van der Waals surface area contributed by atoms with Gasteiger partial charge in [0.2, 0.25) is 5.13 Å². The molecular formula is C19H19N3O5S. The second-order valence-corrected chi connectivity index (χ2v) is 6.90. The molecule has 28 heavy (non-hydrogen) atoms. The molecule has 0 saturated heterocycles. The van der Waals surface area contributed by atoms with E-state index in [1.54, 1.807) is 39.0 Å². The van der Waals surface area contributed by atoms with Gasteiger partial charge in [0.1, 0.15) is 4.88 Å². The summed E-state index contributed by atoms with van der Waals surface area (Å²) in [7, 11) is 1.45. The number of aryl methyl sites for hydroxylation is 1. The van der Waals surface area contributed by atoms with Crippen LogP contribution in [0.15, 0.2) is 28.9 Å². The maximum atomic E-state index is 12.9. The number of phenols is 1. The van der Waals surface area contributed by atoms with Gasteiger partial charge in [-0.05, 0) is 44.5 Å². The zero-order valence-electron chi connectivity index (χ0n) is 15.8. The molecule has 0 unspecified atom stereocenters. The molecule has 2 aromatic rings. The number of thiazole rings is 1. The summed E-state index contributed by atoms with van der Waals surface area (Å²) in [4.78, 5) is 29.5. The Morgan fingerprint density at radius 3 is 2.79 bits per heavy atom. The number of anilines is 1. The molecule has 8 nitrogen and oxygen atoms in total. The Morgan fingerprint density at radius 1 is 1.36 bits per heavy atom. The predicted octanol–water partition coefficient (Wildman–Crippen LogP) is 3.15. The van der Waals surface area contributed by atoms with Gasteiger partial charge in [-0.3, -0.25) is 4.79 Å². The molecule has 0 aliphatic carbocycles. The lowest BCUT2D eigenvalue weighted by Gasteiger charge is -2.07. The molecule has 3 rings (SSSR count). The number of hydrogen-bond donors (Lipinski definition) is 1. The molecule has 0 atom stereocenters. The third kappa shape index (κ3) is 3.61. The highest BCUT2D eigenvalue weighted by molar-refractivity contribution is 7.17. The number of hydrogen-bond acceptors (Lipinski definition) is 8. The van der Waals surface area contributed by atoms with Crippen LogP contribution in [0.1, 0.15) is 34.8 Å². The second kappa shape index (κ2) is 7.81. The van der Waals surface area contributed by atoms with Crippen LogP contribution in [-0.2, 0) is 9.53 Å². The number of amides is 1. The lowest BCUT2D eigenvalue weighted by molar-refractivity contribution is -0.114. The fourth-order valence-corrected chi connectivity index (χ4v) is 3.53. The largest absolute Gasteiger partial charge is 0.504 e. The number of aromatic nitrogens is 1. The average molecular weight is 401 g/mol. The van der Waals surface area contributed by atoms with Crippen LogP contribution in [0.3, 0.4) is 0 Å². The van der Waals surface area contributed by atoms with E-state index in [2.05, 4.69) is 10.1 Å². The van der Waals surface area contributed by atoms with Crippen LogP contribution in [0, 0.1) is 6.92 Å². The summed E-state index contributed by atoms with van der Waals surface area (Å²) in [5.74, 6) is -0.503. The van der Waals surface area contributed by atoms with E-state index >= 15 is 0 Å². The monoisotopic (exact) mass is 401 g/mol. The minimum absolute atomic E-state index is 0.0131. The molecule has 1 amide bonds. The molecule has 0 radical (unpaired) electrons. The van der Waals surface area contributed by atoms with Gasteiger partial charge in [-0.15, -0.1) is 0 Å². The van der Waals surface area contributed by atoms with Crippen molar-refractivity contribution in [2.24, 2.45) is 5.10 Å². The predicted molar refractivity (Wildman–Crippen MR) is 106 cm³/mol. The number of methoxy groups -OCH3 is 1. The molecule has 1 aromatic heterocycles. The molecule has 0 fully saturated rings. The van der Waals surface area contributed by atoms with Gasteiger partial charge in [0, 0.05) is 0 Å². The van der Waals surface area contributed by atoms with E-state index in [0.717, 1.165) is 11.3 Å². The summed E-state index contributed by atoms with van der Waals surface area (Å²) in [6.45, 7) is 5.38. The van der Waals surface area contributed by atoms with Crippen LogP contribution >= 0.6 is 11.3 Å². The molecular weight excluding hydrogens is 382 g/mol. The van der Waals surface area contributed by atoms with Crippen molar-refractivity contribution in [1.29, 1.82) is 0 Å². The van der Waals surface area contributed by atoms with E-state index < -0.39 is 5.97 Å². The maximum Gasteiger partial charge on any atom is 0.350 e. The van der Waals surface area contributed by atoms with E-state index in [0.29, 0.717) is 38.3 Å². The van der Waals surface area contributed by atoms with Gasteiger partial charge in [-0.2, -0.15) is 10.1 Å². The summed E-state index contributed by atoms with van der Waals surface area (Å²) in [5.41, 5.74) is 2.07. The van der Waals surface area contributed by atoms with E-state index in [9.17, 15) is 14.7 Å². The Hall–Kier alpha value is -3.20. The van der Waals surface area contributed by atoms with E-state index in [1.807, 2.05) is 0 Å². The smallest absolute Gasteiger partial charge is 0.350 e. The number of carbonyl (C=O) groups is 2. The Balaban J connectivity index is 1.91. The molecule has 9 heteroatoms. The Labute approximate surface area is 165 Å². The van der Waals surface area contributed by atoms with E-state index in [4.69, 9.17) is 9.47 Å². The third-order valence-electron chi connectivity index (χ3n) is 4.00. The topological polar surface area (TPSA) is 101 Å². The van der Waals surface area contributed by atoms with Crippen LogP contribution < -0.4 is 9.75 Å². The van der Waals surface area contributed by atoms with E-state index in [-0.39, 0.29) is 18.3 Å². The van der Waals surface area contributed by atoms with Crippen LogP contribution in [0.2, 0.25) is 0 Å². The summed E-state index contributed by atoms with van der Waals surface area (Å²) >= 11 is 1.06. The molecule has 1 aliphatic rings. The number of ether oxygens (including phenoxy) is 2. The molecule has 1 aliphatic heterocycles. The molecule has 146 valence electrons. The highest BCUT2D eigenvalue weighted by Gasteiger charge is 2.32. The number of aromatic hydroxyl groups is 1. The third-order valence-corrected chi connectivity index (χ3v) is 5.12. The number of nitrogens with zero attached hydrogens (tertiary/aromatic N) is 3. The van der Waals surface area contributed by atoms with Crippen molar-refractivity contribution in [2.45, 2.75) is 20.8 Å². The first-order valence-corrected chi connectivity index (χ1v) is 9.30. The maximum absolute atomic E-state index is 12.9. The number of hydrazone groups is 1. The lowest BCUT2D eigenvalue weighted by atomic mass is 10.1. The van der Waals surface area contributed by atoms with Crippen LogP contribution in [-0.4, -0.2) is 41.4 Å². The van der Waals surface area contributed by atoms with Gasteiger partial charge in [0.05, 0.1) is 30.7 Å². The van der Waals surface area contributed by atoms with Crippen LogP contribution in [0.4, 0.5) is 5.13 Å². The first-order valence-electron chi connectivity index (χ1n) is 8.49. The fraction of sp³-hybridized carbons (Fsp3) is 0.263. The van der Waals surface area contributed by atoms with Crippen molar-refractivity contribution in [3.8, 4) is 11.5 Å². The molecule has 1 N–H and O–H groups in total. The van der Waals surface area contributed by atoms with Gasteiger partial charge >= 0.3 is 5.97 Å². The van der Waals surface area contributed by atoms with Crippen molar-refractivity contribution in [3.63, 3.8) is 0 Å². The van der Waals surface area contributed by atoms with Gasteiger partial charge in [-0.25, -0.2) is 9.78 Å². The van der Waals surface area contributed by atoms with Gasteiger partial charge in [0.25, 0.3) is 5.91 Å². The van der Waals surface area contributed by atoms with Crippen LogP contribution in [0.25, 0.3) is 6.08 Å². The minimum Gasteiger partial charge on any atom is -0.504 e. The van der Waals surface area contributed by atoms with Crippen molar-refractivity contribution >= 4 is 40.1 Å². The number of carbonyl (C=O) groups excluding carboxylic acids is 2. The second-order valence-electron chi connectivity index (χ2n) is 5.92. The average Bonchev–Trinajstić information content (AvgIpc) is 3.18. The first-order chi connectivity index (χ1) is 13.3. The SMILES string of the molecule is CCOC(=O)c1sc(N2N=C(C)/C(=C\c3ccc(O)c(OC)c3)C2=O)nc1C. The van der Waals surface area contributed by atoms with Gasteiger partial charge in [0.15, 0.2) is 11.5 Å². The Morgan fingerprint density at radius 2 is 2.11 bits per heavy atom. The Bertz CT molecular complexity index is 1010. The van der Waals surface area contributed by atoms with Crippen molar-refractivity contribution in [1.82, 2.24) is 4.98 Å². The quantitative estimate of drug-likeness (QED) is 0.610. The van der Waals surface area contributed by atoms with Crippen molar-refractivity contribution in [2.75, 3.05) is 18.7 Å². The van der Waals surface area contributed by atoms with Crippen molar-refractivity contribution in [3.05, 3.63) is 39.9 Å². The minimum atomic E-state index is -0.469. The lowest BCUT2D eigenvalue weighted by Crippen LogP contribution is -2.21. The number of esters is 1.